The van der Waals surface area contributed by atoms with Crippen molar-refractivity contribution in [3.05, 3.63) is 34.2 Å². The third-order valence-electron chi connectivity index (χ3n) is 2.45. The first-order chi connectivity index (χ1) is 7.46. The molecule has 0 fully saturated rings. The van der Waals surface area contributed by atoms with Gasteiger partial charge in [-0.15, -0.1) is 0 Å². The van der Waals surface area contributed by atoms with Crippen LogP contribution in [0.2, 0.25) is 0 Å². The van der Waals surface area contributed by atoms with E-state index in [1.807, 2.05) is 6.92 Å². The summed E-state index contributed by atoms with van der Waals surface area (Å²) in [5.74, 6) is -0.476. The minimum atomic E-state index is -0.947. The van der Waals surface area contributed by atoms with Crippen LogP contribution in [0.5, 0.6) is 0 Å². The highest BCUT2D eigenvalue weighted by atomic mass is 16.3. The molecule has 5 nitrogen and oxygen atoms in total. The minimum Gasteiger partial charge on any atom is -0.388 e. The normalized spacial score (nSPS) is 14.2. The summed E-state index contributed by atoms with van der Waals surface area (Å²) in [4.78, 5) is 25.3. The number of carbonyl (C=O) groups excluding carboxylic acids is 1. The third-order valence-corrected chi connectivity index (χ3v) is 2.45. The van der Waals surface area contributed by atoms with Crippen molar-refractivity contribution < 1.29 is 9.90 Å². The molecule has 0 aliphatic heterocycles. The van der Waals surface area contributed by atoms with Crippen molar-refractivity contribution in [3.8, 4) is 0 Å². The number of pyridine rings is 1. The molecule has 0 aliphatic carbocycles. The lowest BCUT2D eigenvalue weighted by Crippen LogP contribution is -2.41. The maximum Gasteiger partial charge on any atom is 0.260 e. The second-order valence-electron chi connectivity index (χ2n) is 3.95. The van der Waals surface area contributed by atoms with E-state index < -0.39 is 17.1 Å². The molecule has 0 spiro atoms. The fraction of sp³-hybridized carbons (Fsp3) is 0.455. The van der Waals surface area contributed by atoms with Crippen molar-refractivity contribution in [1.29, 1.82) is 0 Å². The molecule has 16 heavy (non-hydrogen) atoms. The number of hydrogen-bond acceptors (Lipinski definition) is 3. The Hall–Kier alpha value is -1.62. The number of aliphatic hydroxyl groups is 1. The first kappa shape index (κ1) is 12.4. The summed E-state index contributed by atoms with van der Waals surface area (Å²) in [6.45, 7) is 3.57. The number of nitrogens with one attached hydrogen (secondary N) is 2. The Labute approximate surface area is 93.5 Å². The predicted molar refractivity (Wildman–Crippen MR) is 60.3 cm³/mol. The van der Waals surface area contributed by atoms with E-state index in [9.17, 15) is 14.7 Å². The van der Waals surface area contributed by atoms with Crippen molar-refractivity contribution in [2.24, 2.45) is 0 Å². The molecule has 1 aromatic heterocycles. The summed E-state index contributed by atoms with van der Waals surface area (Å²) >= 11 is 0. The van der Waals surface area contributed by atoms with Gasteiger partial charge in [-0.25, -0.2) is 0 Å². The molecule has 88 valence electrons. The highest BCUT2D eigenvalue weighted by Crippen LogP contribution is 2.06. The van der Waals surface area contributed by atoms with E-state index in [0.29, 0.717) is 6.42 Å². The van der Waals surface area contributed by atoms with Crippen LogP contribution >= 0.6 is 0 Å². The maximum absolute atomic E-state index is 11.6. The van der Waals surface area contributed by atoms with Crippen molar-refractivity contribution in [3.63, 3.8) is 0 Å². The summed E-state index contributed by atoms with van der Waals surface area (Å²) in [6, 6.07) is 3.02. The van der Waals surface area contributed by atoms with E-state index in [1.165, 1.54) is 12.3 Å². The predicted octanol–water partition coefficient (Wildman–Crippen LogP) is 0.266. The van der Waals surface area contributed by atoms with Crippen molar-refractivity contribution >= 4 is 5.91 Å². The fourth-order valence-electron chi connectivity index (χ4n) is 1.09. The summed E-state index contributed by atoms with van der Waals surface area (Å²) in [6.07, 6.45) is 1.99. The minimum absolute atomic E-state index is 0.0504. The molecule has 0 radical (unpaired) electrons. The second kappa shape index (κ2) is 4.94. The average Bonchev–Trinajstić information content (AvgIpc) is 2.27. The summed E-state index contributed by atoms with van der Waals surface area (Å²) in [5.41, 5.74) is -1.33. The summed E-state index contributed by atoms with van der Waals surface area (Å²) in [7, 11) is 0. The lowest BCUT2D eigenvalue weighted by molar-refractivity contribution is 0.0518. The Kier molecular flexibility index (Phi) is 3.84. The van der Waals surface area contributed by atoms with Crippen molar-refractivity contribution in [1.82, 2.24) is 10.3 Å². The largest absolute Gasteiger partial charge is 0.388 e. The van der Waals surface area contributed by atoms with Gasteiger partial charge in [-0.2, -0.15) is 0 Å². The van der Waals surface area contributed by atoms with Gasteiger partial charge in [0.05, 0.1) is 5.60 Å². The van der Waals surface area contributed by atoms with Crippen LogP contribution in [-0.2, 0) is 0 Å². The van der Waals surface area contributed by atoms with Gasteiger partial charge in [0.1, 0.15) is 5.56 Å². The highest BCUT2D eigenvalue weighted by molar-refractivity contribution is 5.93. The lowest BCUT2D eigenvalue weighted by atomic mass is 10.0. The number of carbonyl (C=O) groups is 1. The molecular weight excluding hydrogens is 208 g/mol. The number of rotatable bonds is 4. The van der Waals surface area contributed by atoms with E-state index in [0.717, 1.165) is 0 Å². The molecule has 3 N–H and O–H groups in total. The SMILES string of the molecule is CCC(C)(O)CNC(=O)c1ccc[nH]c1=O. The van der Waals surface area contributed by atoms with Gasteiger partial charge in [0.15, 0.2) is 0 Å². The van der Waals surface area contributed by atoms with Crippen LogP contribution in [0.25, 0.3) is 0 Å². The molecule has 1 atom stereocenters. The van der Waals surface area contributed by atoms with Crippen molar-refractivity contribution in [2.45, 2.75) is 25.9 Å². The van der Waals surface area contributed by atoms with E-state index in [4.69, 9.17) is 0 Å². The smallest absolute Gasteiger partial charge is 0.260 e. The number of aromatic amines is 1. The molecule has 0 aromatic carbocycles. The molecule has 0 saturated carbocycles. The topological polar surface area (TPSA) is 82.2 Å². The number of aromatic nitrogens is 1. The number of amides is 1. The van der Waals surface area contributed by atoms with E-state index >= 15 is 0 Å². The molecule has 0 saturated heterocycles. The Bertz CT molecular complexity index is 423. The standard InChI is InChI=1S/C11H16N2O3/c1-3-11(2,16)7-13-10(15)8-5-4-6-12-9(8)14/h4-6,16H,3,7H2,1-2H3,(H,12,14)(H,13,15). The molecule has 1 rings (SSSR count). The average molecular weight is 224 g/mol. The number of hydrogen-bond donors (Lipinski definition) is 3. The van der Waals surface area contributed by atoms with Crippen LogP contribution in [-0.4, -0.2) is 28.1 Å². The van der Waals surface area contributed by atoms with Gasteiger partial charge in [0.2, 0.25) is 0 Å². The van der Waals surface area contributed by atoms with Gasteiger partial charge in [-0.1, -0.05) is 6.92 Å². The zero-order valence-electron chi connectivity index (χ0n) is 9.41. The Morgan fingerprint density at radius 2 is 2.31 bits per heavy atom. The second-order valence-corrected chi connectivity index (χ2v) is 3.95. The first-order valence-corrected chi connectivity index (χ1v) is 5.14. The number of H-pyrrole nitrogens is 1. The van der Waals surface area contributed by atoms with E-state index in [2.05, 4.69) is 10.3 Å². The maximum atomic E-state index is 11.6. The third kappa shape index (κ3) is 3.20. The van der Waals surface area contributed by atoms with Crippen LogP contribution in [0.15, 0.2) is 23.1 Å². The summed E-state index contributed by atoms with van der Waals surface area (Å²) < 4.78 is 0. The van der Waals surface area contributed by atoms with Crippen LogP contribution in [0, 0.1) is 0 Å². The molecule has 1 amide bonds. The molecular formula is C11H16N2O3. The Morgan fingerprint density at radius 1 is 1.62 bits per heavy atom. The van der Waals surface area contributed by atoms with E-state index in [1.54, 1.807) is 13.0 Å². The summed E-state index contributed by atoms with van der Waals surface area (Å²) in [5, 5.41) is 12.2. The lowest BCUT2D eigenvalue weighted by Gasteiger charge is -2.21. The Morgan fingerprint density at radius 3 is 2.88 bits per heavy atom. The molecule has 1 aromatic rings. The van der Waals surface area contributed by atoms with Crippen LogP contribution in [0.1, 0.15) is 30.6 Å². The van der Waals surface area contributed by atoms with Gasteiger partial charge in [-0.05, 0) is 25.5 Å². The van der Waals surface area contributed by atoms with Gasteiger partial charge in [-0.3, -0.25) is 9.59 Å². The molecule has 1 heterocycles. The van der Waals surface area contributed by atoms with Crippen LogP contribution < -0.4 is 10.9 Å². The van der Waals surface area contributed by atoms with Gasteiger partial charge < -0.3 is 15.4 Å². The molecule has 5 heteroatoms. The Balaban J connectivity index is 2.68. The highest BCUT2D eigenvalue weighted by Gasteiger charge is 2.19. The van der Waals surface area contributed by atoms with Crippen molar-refractivity contribution in [2.75, 3.05) is 6.54 Å². The van der Waals surface area contributed by atoms with Gasteiger partial charge in [0, 0.05) is 12.7 Å². The first-order valence-electron chi connectivity index (χ1n) is 5.14. The van der Waals surface area contributed by atoms with E-state index in [-0.39, 0.29) is 12.1 Å². The monoisotopic (exact) mass is 224 g/mol. The molecule has 1 unspecified atom stereocenters. The van der Waals surface area contributed by atoms with Gasteiger partial charge in [0.25, 0.3) is 11.5 Å². The zero-order valence-corrected chi connectivity index (χ0v) is 9.41. The van der Waals surface area contributed by atoms with Crippen LogP contribution in [0.4, 0.5) is 0 Å². The van der Waals surface area contributed by atoms with Crippen LogP contribution in [0.3, 0.4) is 0 Å². The fourth-order valence-corrected chi connectivity index (χ4v) is 1.09. The molecule has 0 aliphatic rings. The van der Waals surface area contributed by atoms with Gasteiger partial charge >= 0.3 is 0 Å². The molecule has 0 bridgehead atoms. The quantitative estimate of drug-likeness (QED) is 0.686. The zero-order chi connectivity index (χ0) is 12.2.